The van der Waals surface area contributed by atoms with Gasteiger partial charge in [-0.25, -0.2) is 0 Å². The molecule has 0 bridgehead atoms. The van der Waals surface area contributed by atoms with E-state index >= 15 is 0 Å². The van der Waals surface area contributed by atoms with Crippen molar-refractivity contribution in [1.29, 1.82) is 0 Å². The topological polar surface area (TPSA) is 105 Å². The van der Waals surface area contributed by atoms with Gasteiger partial charge < -0.3 is 30.2 Å². The van der Waals surface area contributed by atoms with Crippen LogP contribution in [0.4, 0.5) is 11.4 Å². The number of nitrogens with one attached hydrogen (secondary N) is 2. The first-order chi connectivity index (χ1) is 20.3. The molecule has 0 radical (unpaired) electrons. The molecule has 10 heteroatoms. The number of carbonyl (C=O) groups is 4. The molecule has 2 fully saturated rings. The predicted molar refractivity (Wildman–Crippen MR) is 162 cm³/mol. The summed E-state index contributed by atoms with van der Waals surface area (Å²) in [4.78, 5) is 59.1. The molecular weight excluding hydrogens is 532 g/mol. The molecule has 2 aliphatic rings. The van der Waals surface area contributed by atoms with Crippen molar-refractivity contribution in [3.63, 3.8) is 0 Å². The number of carbonyl (C=O) groups excluding carboxylic acids is 4. The molecule has 3 aromatic rings. The van der Waals surface area contributed by atoms with Gasteiger partial charge in [-0.05, 0) is 86.9 Å². The molecule has 0 aromatic heterocycles. The Hall–Kier alpha value is -4.54. The van der Waals surface area contributed by atoms with Crippen LogP contribution in [0.3, 0.4) is 0 Å². The van der Waals surface area contributed by atoms with Crippen molar-refractivity contribution in [2.45, 2.75) is 0 Å². The molecule has 42 heavy (non-hydrogen) atoms. The summed E-state index contributed by atoms with van der Waals surface area (Å²) < 4.78 is 0. The second kappa shape index (κ2) is 13.0. The number of benzene rings is 3. The van der Waals surface area contributed by atoms with Crippen molar-refractivity contribution in [1.82, 2.24) is 19.6 Å². The Bertz CT molecular complexity index is 1310. The van der Waals surface area contributed by atoms with Gasteiger partial charge in [0, 0.05) is 86.0 Å². The van der Waals surface area contributed by atoms with Gasteiger partial charge in [-0.15, -0.1) is 0 Å². The molecule has 2 heterocycles. The Kier molecular flexibility index (Phi) is 8.94. The number of rotatable bonds is 6. The minimum absolute atomic E-state index is 0.00932. The van der Waals surface area contributed by atoms with Crippen molar-refractivity contribution in [2.75, 3.05) is 77.1 Å². The lowest BCUT2D eigenvalue weighted by Crippen LogP contribution is -2.47. The molecule has 4 amide bonds. The molecule has 0 aliphatic carbocycles. The molecule has 0 unspecified atom stereocenters. The summed E-state index contributed by atoms with van der Waals surface area (Å²) >= 11 is 0. The molecular formula is C32H36N6O4. The molecule has 2 N–H and O–H groups in total. The summed E-state index contributed by atoms with van der Waals surface area (Å²) in [5.41, 5.74) is 3.12. The van der Waals surface area contributed by atoms with Crippen LogP contribution in [0.25, 0.3) is 0 Å². The minimum atomic E-state index is -0.319. The van der Waals surface area contributed by atoms with Gasteiger partial charge in [0.1, 0.15) is 0 Å². The molecule has 0 atom stereocenters. The second-order valence-corrected chi connectivity index (χ2v) is 10.8. The van der Waals surface area contributed by atoms with Gasteiger partial charge in [0.25, 0.3) is 23.6 Å². The zero-order chi connectivity index (χ0) is 29.6. The van der Waals surface area contributed by atoms with E-state index in [1.807, 2.05) is 23.9 Å². The predicted octanol–water partition coefficient (Wildman–Crippen LogP) is 2.97. The highest BCUT2D eigenvalue weighted by molar-refractivity contribution is 6.07. The first-order valence-electron chi connectivity index (χ1n) is 14.2. The van der Waals surface area contributed by atoms with Crippen LogP contribution in [0.15, 0.2) is 72.8 Å². The van der Waals surface area contributed by atoms with Gasteiger partial charge in [-0.3, -0.25) is 19.2 Å². The fraction of sp³-hybridized carbons (Fsp3) is 0.312. The maximum absolute atomic E-state index is 12.8. The molecule has 2 aliphatic heterocycles. The Morgan fingerprint density at radius 3 is 1.05 bits per heavy atom. The highest BCUT2D eigenvalue weighted by Crippen LogP contribution is 2.17. The number of hydrogen-bond acceptors (Lipinski definition) is 6. The van der Waals surface area contributed by atoms with E-state index in [9.17, 15) is 19.2 Å². The van der Waals surface area contributed by atoms with Crippen LogP contribution >= 0.6 is 0 Å². The lowest BCUT2D eigenvalue weighted by atomic mass is 10.1. The Balaban J connectivity index is 1.12. The fourth-order valence-corrected chi connectivity index (χ4v) is 4.96. The van der Waals surface area contributed by atoms with Crippen molar-refractivity contribution in [3.05, 3.63) is 95.1 Å². The summed E-state index contributed by atoms with van der Waals surface area (Å²) in [7, 11) is 4.09. The van der Waals surface area contributed by atoms with Crippen molar-refractivity contribution in [2.24, 2.45) is 0 Å². The summed E-state index contributed by atoms with van der Waals surface area (Å²) in [6, 6.07) is 20.1. The number of piperazine rings is 2. The second-order valence-electron chi connectivity index (χ2n) is 10.8. The van der Waals surface area contributed by atoms with Crippen LogP contribution < -0.4 is 10.6 Å². The molecule has 0 spiro atoms. The summed E-state index contributed by atoms with van der Waals surface area (Å²) in [5.74, 6) is -0.656. The highest BCUT2D eigenvalue weighted by Gasteiger charge is 2.21. The van der Waals surface area contributed by atoms with Crippen LogP contribution in [0, 0.1) is 0 Å². The van der Waals surface area contributed by atoms with E-state index in [0.29, 0.717) is 59.8 Å². The number of hydrogen-bond donors (Lipinski definition) is 2. The normalized spacial score (nSPS) is 16.1. The molecule has 218 valence electrons. The van der Waals surface area contributed by atoms with Crippen LogP contribution in [-0.2, 0) is 0 Å². The van der Waals surface area contributed by atoms with Crippen LogP contribution in [0.5, 0.6) is 0 Å². The summed E-state index contributed by atoms with van der Waals surface area (Å²) in [6.45, 7) is 6.22. The summed E-state index contributed by atoms with van der Waals surface area (Å²) in [5, 5.41) is 5.67. The average molecular weight is 569 g/mol. The van der Waals surface area contributed by atoms with Gasteiger partial charge in [0.2, 0.25) is 0 Å². The Labute approximate surface area is 245 Å². The number of likely N-dealkylation sites (N-methyl/N-ethyl adjacent to an activating group) is 2. The Morgan fingerprint density at radius 2 is 0.738 bits per heavy atom. The highest BCUT2D eigenvalue weighted by atomic mass is 16.2. The van der Waals surface area contributed by atoms with Gasteiger partial charge in [-0.1, -0.05) is 0 Å². The van der Waals surface area contributed by atoms with E-state index < -0.39 is 0 Å². The first-order valence-corrected chi connectivity index (χ1v) is 14.2. The molecule has 0 saturated carbocycles. The zero-order valence-corrected chi connectivity index (χ0v) is 24.0. The minimum Gasteiger partial charge on any atom is -0.336 e. The Morgan fingerprint density at radius 1 is 0.452 bits per heavy atom. The van der Waals surface area contributed by atoms with Crippen molar-refractivity contribution in [3.8, 4) is 0 Å². The van der Waals surface area contributed by atoms with Crippen LogP contribution in [0.1, 0.15) is 41.4 Å². The lowest BCUT2D eigenvalue weighted by molar-refractivity contribution is 0.0657. The standard InChI is InChI=1S/C32H36N6O4/c1-35-15-19-37(20-16-35)31(41)25-7-11-27(12-8-25)33-29(39)23-3-5-24(6-4-23)30(40)34-28-13-9-26(10-14-28)32(42)38-21-17-36(2)18-22-38/h3-14H,15-22H2,1-2H3,(H,33,39)(H,34,40). The quantitative estimate of drug-likeness (QED) is 0.474. The fourth-order valence-electron chi connectivity index (χ4n) is 4.96. The first kappa shape index (κ1) is 29.0. The van der Waals surface area contributed by atoms with Crippen LogP contribution in [0.2, 0.25) is 0 Å². The van der Waals surface area contributed by atoms with E-state index in [4.69, 9.17) is 0 Å². The average Bonchev–Trinajstić information content (AvgIpc) is 3.02. The SMILES string of the molecule is CN1CCN(C(=O)c2ccc(NC(=O)c3ccc(C(=O)Nc4ccc(C(=O)N5CCN(C)CC5)cc4)cc3)cc2)CC1. The van der Waals surface area contributed by atoms with Gasteiger partial charge in [0.15, 0.2) is 0 Å². The monoisotopic (exact) mass is 568 g/mol. The van der Waals surface area contributed by atoms with Crippen molar-refractivity contribution >= 4 is 35.0 Å². The molecule has 5 rings (SSSR count). The van der Waals surface area contributed by atoms with Crippen LogP contribution in [-0.4, -0.2) is 110 Å². The van der Waals surface area contributed by atoms with E-state index in [0.717, 1.165) is 26.2 Å². The maximum Gasteiger partial charge on any atom is 0.255 e. The largest absolute Gasteiger partial charge is 0.336 e. The smallest absolute Gasteiger partial charge is 0.255 e. The maximum atomic E-state index is 12.8. The van der Waals surface area contributed by atoms with Gasteiger partial charge in [-0.2, -0.15) is 0 Å². The molecule has 2 saturated heterocycles. The zero-order valence-electron chi connectivity index (χ0n) is 24.0. The molecule has 3 aromatic carbocycles. The third-order valence-electron chi connectivity index (χ3n) is 7.77. The third-order valence-corrected chi connectivity index (χ3v) is 7.77. The lowest BCUT2D eigenvalue weighted by Gasteiger charge is -2.32. The van der Waals surface area contributed by atoms with E-state index in [2.05, 4.69) is 20.4 Å². The number of anilines is 2. The van der Waals surface area contributed by atoms with Gasteiger partial charge in [0.05, 0.1) is 0 Å². The number of nitrogens with zero attached hydrogens (tertiary/aromatic N) is 4. The van der Waals surface area contributed by atoms with Gasteiger partial charge >= 0.3 is 0 Å². The van der Waals surface area contributed by atoms with E-state index in [1.54, 1.807) is 72.8 Å². The number of amides is 4. The summed E-state index contributed by atoms with van der Waals surface area (Å²) in [6.07, 6.45) is 0. The van der Waals surface area contributed by atoms with E-state index in [1.165, 1.54) is 0 Å². The molecule has 10 nitrogen and oxygen atoms in total. The third kappa shape index (κ3) is 7.02. The van der Waals surface area contributed by atoms with Crippen molar-refractivity contribution < 1.29 is 19.2 Å². The van der Waals surface area contributed by atoms with E-state index in [-0.39, 0.29) is 23.6 Å².